The molecule has 3 atom stereocenters. The van der Waals surface area contributed by atoms with Gasteiger partial charge in [-0.3, -0.25) is 0 Å². The Kier molecular flexibility index (Phi) is 8.19. The molecule has 0 aromatic rings. The van der Waals surface area contributed by atoms with Crippen LogP contribution in [-0.4, -0.2) is 0 Å². The van der Waals surface area contributed by atoms with Gasteiger partial charge in [0.2, 0.25) is 0 Å². The lowest BCUT2D eigenvalue weighted by molar-refractivity contribution is 0.200. The van der Waals surface area contributed by atoms with E-state index < -0.39 is 0 Å². The molecule has 0 bridgehead atoms. The molecule has 0 saturated heterocycles. The normalized spacial score (nSPS) is 17.8. The highest BCUT2D eigenvalue weighted by Crippen LogP contribution is 2.32. The first-order chi connectivity index (χ1) is 7.02. The predicted octanol–water partition coefficient (Wildman–Crippen LogP) is 5.52. The summed E-state index contributed by atoms with van der Waals surface area (Å²) in [6.07, 6.45) is 6.93. The second kappa shape index (κ2) is 8.19. The minimum absolute atomic E-state index is 0.855. The molecule has 0 aliphatic rings. The summed E-state index contributed by atoms with van der Waals surface area (Å²) in [6, 6.07) is 0. The Morgan fingerprint density at radius 1 is 0.733 bits per heavy atom. The molecule has 0 fully saturated rings. The Morgan fingerprint density at radius 2 is 1.27 bits per heavy atom. The largest absolute Gasteiger partial charge is 0.0654 e. The van der Waals surface area contributed by atoms with Gasteiger partial charge in [0.25, 0.3) is 0 Å². The fourth-order valence-corrected chi connectivity index (χ4v) is 3.05. The highest BCUT2D eigenvalue weighted by Gasteiger charge is 2.22. The molecular formula is C15H32. The van der Waals surface area contributed by atoms with Crippen LogP contribution < -0.4 is 0 Å². The topological polar surface area (TPSA) is 0 Å². The van der Waals surface area contributed by atoms with E-state index in [-0.39, 0.29) is 0 Å². The molecule has 0 aromatic carbocycles. The zero-order valence-electron chi connectivity index (χ0n) is 11.8. The van der Waals surface area contributed by atoms with Crippen LogP contribution in [-0.2, 0) is 0 Å². The predicted molar refractivity (Wildman–Crippen MR) is 71.1 cm³/mol. The van der Waals surface area contributed by atoms with E-state index in [1.807, 2.05) is 0 Å². The van der Waals surface area contributed by atoms with Gasteiger partial charge in [0.1, 0.15) is 0 Å². The second-order valence-electron chi connectivity index (χ2n) is 5.83. The van der Waals surface area contributed by atoms with E-state index >= 15 is 0 Å². The van der Waals surface area contributed by atoms with E-state index in [9.17, 15) is 0 Å². The van der Waals surface area contributed by atoms with Gasteiger partial charge >= 0.3 is 0 Å². The molecule has 0 heterocycles. The van der Waals surface area contributed by atoms with Gasteiger partial charge in [0.05, 0.1) is 0 Å². The summed E-state index contributed by atoms with van der Waals surface area (Å²) < 4.78 is 0. The van der Waals surface area contributed by atoms with Gasteiger partial charge in [-0.15, -0.1) is 0 Å². The van der Waals surface area contributed by atoms with E-state index in [1.165, 1.54) is 32.1 Å². The van der Waals surface area contributed by atoms with Crippen LogP contribution in [0.1, 0.15) is 73.6 Å². The van der Waals surface area contributed by atoms with Gasteiger partial charge in [-0.2, -0.15) is 0 Å². The Morgan fingerprint density at radius 3 is 1.67 bits per heavy atom. The lowest BCUT2D eigenvalue weighted by atomic mass is 9.75. The van der Waals surface area contributed by atoms with Crippen LogP contribution in [0.15, 0.2) is 0 Å². The maximum atomic E-state index is 2.46. The Hall–Kier alpha value is 0. The molecule has 3 unspecified atom stereocenters. The minimum Gasteiger partial charge on any atom is -0.0654 e. The number of hydrogen-bond acceptors (Lipinski definition) is 0. The monoisotopic (exact) mass is 212 g/mol. The Bertz CT molecular complexity index is 137. The molecular weight excluding hydrogens is 180 g/mol. The van der Waals surface area contributed by atoms with Crippen molar-refractivity contribution in [2.75, 3.05) is 0 Å². The average Bonchev–Trinajstić information content (AvgIpc) is 2.13. The first-order valence-electron chi connectivity index (χ1n) is 7.02. The van der Waals surface area contributed by atoms with Crippen molar-refractivity contribution in [3.05, 3.63) is 0 Å². The highest BCUT2D eigenvalue weighted by molar-refractivity contribution is 4.73. The van der Waals surface area contributed by atoms with Crippen molar-refractivity contribution in [3.8, 4) is 0 Å². The molecule has 0 amide bonds. The van der Waals surface area contributed by atoms with Crippen molar-refractivity contribution in [1.29, 1.82) is 0 Å². The van der Waals surface area contributed by atoms with Gasteiger partial charge < -0.3 is 0 Å². The van der Waals surface area contributed by atoms with Gasteiger partial charge in [0.15, 0.2) is 0 Å². The molecule has 0 radical (unpaired) electrons. The highest BCUT2D eigenvalue weighted by atomic mass is 14.3. The SMILES string of the molecule is CCCC(C)C(CCC)C(C)CC(C)C. The van der Waals surface area contributed by atoms with E-state index in [1.54, 1.807) is 0 Å². The van der Waals surface area contributed by atoms with Crippen molar-refractivity contribution in [1.82, 2.24) is 0 Å². The van der Waals surface area contributed by atoms with Crippen LogP contribution in [0.3, 0.4) is 0 Å². The van der Waals surface area contributed by atoms with E-state index in [4.69, 9.17) is 0 Å². The molecule has 15 heavy (non-hydrogen) atoms. The Labute approximate surface area is 97.8 Å². The smallest absolute Gasteiger partial charge is 0.0363 e. The summed E-state index contributed by atoms with van der Waals surface area (Å²) in [5, 5.41) is 0. The van der Waals surface area contributed by atoms with Crippen LogP contribution in [0.5, 0.6) is 0 Å². The van der Waals surface area contributed by atoms with Crippen LogP contribution >= 0.6 is 0 Å². The average molecular weight is 212 g/mol. The maximum absolute atomic E-state index is 2.46. The quantitative estimate of drug-likeness (QED) is 0.497. The summed E-state index contributed by atoms with van der Waals surface area (Å²) in [5.74, 6) is 3.64. The van der Waals surface area contributed by atoms with Crippen LogP contribution in [0.4, 0.5) is 0 Å². The fourth-order valence-electron chi connectivity index (χ4n) is 3.05. The molecule has 0 N–H and O–H groups in total. The molecule has 0 aromatic heterocycles. The summed E-state index contributed by atoms with van der Waals surface area (Å²) >= 11 is 0. The summed E-state index contributed by atoms with van der Waals surface area (Å²) in [4.78, 5) is 0. The third-order valence-corrected chi connectivity index (χ3v) is 3.67. The van der Waals surface area contributed by atoms with Crippen LogP contribution in [0.2, 0.25) is 0 Å². The third-order valence-electron chi connectivity index (χ3n) is 3.67. The Balaban J connectivity index is 4.22. The summed E-state index contributed by atoms with van der Waals surface area (Å²) in [7, 11) is 0. The van der Waals surface area contributed by atoms with Crippen molar-refractivity contribution < 1.29 is 0 Å². The molecule has 0 rings (SSSR count). The van der Waals surface area contributed by atoms with Crippen molar-refractivity contribution >= 4 is 0 Å². The van der Waals surface area contributed by atoms with Gasteiger partial charge in [-0.1, -0.05) is 67.2 Å². The summed E-state index contributed by atoms with van der Waals surface area (Å²) in [5.41, 5.74) is 0. The van der Waals surface area contributed by atoms with Gasteiger partial charge in [-0.05, 0) is 30.1 Å². The van der Waals surface area contributed by atoms with E-state index in [0.29, 0.717) is 0 Å². The molecule has 0 saturated carbocycles. The summed E-state index contributed by atoms with van der Waals surface area (Å²) in [6.45, 7) is 14.3. The standard InChI is InChI=1S/C15H32/c1-7-9-13(5)15(10-8-2)14(6)11-12(3)4/h12-15H,7-11H2,1-6H3. The minimum atomic E-state index is 0.855. The first-order valence-corrected chi connectivity index (χ1v) is 7.02. The van der Waals surface area contributed by atoms with Crippen molar-refractivity contribution in [2.45, 2.75) is 73.6 Å². The van der Waals surface area contributed by atoms with E-state index in [2.05, 4.69) is 41.5 Å². The molecule has 0 nitrogen and oxygen atoms in total. The first kappa shape index (κ1) is 15.0. The molecule has 0 aliphatic heterocycles. The van der Waals surface area contributed by atoms with Gasteiger partial charge in [-0.25, -0.2) is 0 Å². The molecule has 0 heteroatoms. The number of rotatable bonds is 8. The third kappa shape index (κ3) is 6.22. The van der Waals surface area contributed by atoms with Crippen LogP contribution in [0.25, 0.3) is 0 Å². The maximum Gasteiger partial charge on any atom is -0.0363 e. The molecule has 92 valence electrons. The number of hydrogen-bond donors (Lipinski definition) is 0. The second-order valence-corrected chi connectivity index (χ2v) is 5.83. The zero-order valence-corrected chi connectivity index (χ0v) is 11.8. The van der Waals surface area contributed by atoms with Crippen molar-refractivity contribution in [2.24, 2.45) is 23.7 Å². The van der Waals surface area contributed by atoms with Gasteiger partial charge in [0, 0.05) is 0 Å². The van der Waals surface area contributed by atoms with Crippen LogP contribution in [0, 0.1) is 23.7 Å². The zero-order chi connectivity index (χ0) is 11.8. The lowest BCUT2D eigenvalue weighted by Gasteiger charge is -2.30. The molecule has 0 aliphatic carbocycles. The lowest BCUT2D eigenvalue weighted by Crippen LogP contribution is -2.21. The van der Waals surface area contributed by atoms with Crippen molar-refractivity contribution in [3.63, 3.8) is 0 Å². The fraction of sp³-hybridized carbons (Fsp3) is 1.00. The molecule has 0 spiro atoms. The van der Waals surface area contributed by atoms with E-state index in [0.717, 1.165) is 23.7 Å².